The van der Waals surface area contributed by atoms with E-state index >= 15 is 0 Å². The third kappa shape index (κ3) is 9.47. The van der Waals surface area contributed by atoms with E-state index in [1.54, 1.807) is 18.0 Å². The maximum atomic E-state index is 14.3. The lowest BCUT2D eigenvalue weighted by Gasteiger charge is -2.41. The second-order valence-corrected chi connectivity index (χ2v) is 16.2. The fraction of sp³-hybridized carbons (Fsp3) is 0.595. The minimum Gasteiger partial charge on any atom is -0.436 e. The summed E-state index contributed by atoms with van der Waals surface area (Å²) in [7, 11) is 1.65. The van der Waals surface area contributed by atoms with Gasteiger partial charge in [-0.3, -0.25) is 14.2 Å². The lowest BCUT2D eigenvalue weighted by atomic mass is 9.78. The second kappa shape index (κ2) is 17.7. The molecule has 3 aromatic rings. The van der Waals surface area contributed by atoms with Crippen molar-refractivity contribution in [2.75, 3.05) is 57.7 Å². The normalized spacial score (nSPS) is 20.1. The van der Waals surface area contributed by atoms with E-state index in [1.807, 2.05) is 47.1 Å². The average molecular weight is 789 g/mol. The molecule has 4 aliphatic heterocycles. The molecule has 0 aliphatic carbocycles. The smallest absolute Gasteiger partial charge is 0.419 e. The number of esters is 1. The highest BCUT2D eigenvalue weighted by Gasteiger charge is 2.37. The number of amides is 4. The molecule has 0 bridgehead atoms. The molecular weight excluding hydrogens is 732 g/mol. The number of oxazole rings is 1. The van der Waals surface area contributed by atoms with Crippen molar-refractivity contribution in [3.63, 3.8) is 0 Å². The van der Waals surface area contributed by atoms with Gasteiger partial charge in [-0.1, -0.05) is 24.3 Å². The molecule has 0 saturated carbocycles. The maximum Gasteiger partial charge on any atom is 0.419 e. The number of para-hydroxylation sites is 1. The molecule has 1 unspecified atom stereocenters. The van der Waals surface area contributed by atoms with Gasteiger partial charge in [0.2, 0.25) is 0 Å². The average Bonchev–Trinajstić information content (AvgIpc) is 3.38. The predicted molar refractivity (Wildman–Crippen MR) is 211 cm³/mol. The van der Waals surface area contributed by atoms with Gasteiger partial charge < -0.3 is 43.9 Å². The molecule has 1 aromatic heterocycles. The number of hydrogen-bond donors (Lipinski definition) is 2. The van der Waals surface area contributed by atoms with E-state index in [4.69, 9.17) is 13.9 Å². The number of anilines is 1. The number of urea groups is 1. The highest BCUT2D eigenvalue weighted by Crippen LogP contribution is 2.33. The molecule has 7 rings (SSSR count). The molecule has 4 aliphatic rings. The Morgan fingerprint density at radius 3 is 2.26 bits per heavy atom. The summed E-state index contributed by atoms with van der Waals surface area (Å²) in [4.78, 5) is 73.1. The monoisotopic (exact) mass is 788 g/mol. The van der Waals surface area contributed by atoms with Gasteiger partial charge in [0.25, 0.3) is 5.91 Å². The van der Waals surface area contributed by atoms with Crippen molar-refractivity contribution >= 4 is 40.8 Å². The quantitative estimate of drug-likeness (QED) is 0.224. The van der Waals surface area contributed by atoms with Crippen molar-refractivity contribution in [1.29, 1.82) is 0 Å². The molecule has 15 nitrogen and oxygen atoms in total. The van der Waals surface area contributed by atoms with E-state index in [0.29, 0.717) is 75.0 Å². The Morgan fingerprint density at radius 1 is 0.895 bits per heavy atom. The van der Waals surface area contributed by atoms with E-state index in [-0.39, 0.29) is 30.8 Å². The van der Waals surface area contributed by atoms with Gasteiger partial charge in [0, 0.05) is 64.5 Å². The third-order valence-corrected chi connectivity index (χ3v) is 12.5. The van der Waals surface area contributed by atoms with Crippen LogP contribution in [-0.2, 0) is 39.0 Å². The Bertz CT molecular complexity index is 1990. The SMILES string of the molecule is Cc1cc(C[C@@H](OC(=O)N2CCC(N3CCc4ccccc4NC3=O)CC2)C(=O)N2CCC(C3CCN(CCC(=O)OC(C)O)CC3)CC2)cc2oc(=O)n(C)c12. The van der Waals surface area contributed by atoms with Gasteiger partial charge in [-0.15, -0.1) is 0 Å². The zero-order chi connectivity index (χ0) is 40.2. The van der Waals surface area contributed by atoms with E-state index in [2.05, 4.69) is 10.2 Å². The zero-order valence-corrected chi connectivity index (χ0v) is 33.3. The van der Waals surface area contributed by atoms with Gasteiger partial charge >= 0.3 is 23.8 Å². The van der Waals surface area contributed by atoms with Gasteiger partial charge in [0.05, 0.1) is 11.9 Å². The summed E-state index contributed by atoms with van der Waals surface area (Å²) in [6, 6.07) is 11.4. The van der Waals surface area contributed by atoms with Crippen LogP contribution in [0.15, 0.2) is 45.6 Å². The van der Waals surface area contributed by atoms with E-state index in [9.17, 15) is 29.1 Å². The van der Waals surface area contributed by atoms with E-state index < -0.39 is 30.2 Å². The van der Waals surface area contributed by atoms with Crippen LogP contribution >= 0.6 is 0 Å². The van der Waals surface area contributed by atoms with Gasteiger partial charge in [-0.25, -0.2) is 14.4 Å². The molecule has 5 heterocycles. The summed E-state index contributed by atoms with van der Waals surface area (Å²) >= 11 is 0. The third-order valence-electron chi connectivity index (χ3n) is 12.5. The fourth-order valence-corrected chi connectivity index (χ4v) is 9.33. The topological polar surface area (TPSA) is 167 Å². The van der Waals surface area contributed by atoms with Crippen molar-refractivity contribution in [1.82, 2.24) is 24.2 Å². The molecular formula is C42H56N6O9. The van der Waals surface area contributed by atoms with Crippen LogP contribution < -0.4 is 11.1 Å². The van der Waals surface area contributed by atoms with Crippen molar-refractivity contribution in [3.8, 4) is 0 Å². The number of ether oxygens (including phenoxy) is 2. The summed E-state index contributed by atoms with van der Waals surface area (Å²) in [6.07, 6.45) is 3.38. The van der Waals surface area contributed by atoms with Gasteiger partial charge in [0.15, 0.2) is 18.0 Å². The lowest BCUT2D eigenvalue weighted by Crippen LogP contribution is -2.52. The first-order valence-corrected chi connectivity index (χ1v) is 20.5. The number of nitrogens with zero attached hydrogens (tertiary/aromatic N) is 5. The van der Waals surface area contributed by atoms with Gasteiger partial charge in [0.1, 0.15) is 0 Å². The molecule has 2 N–H and O–H groups in total. The number of aromatic nitrogens is 1. The number of likely N-dealkylation sites (tertiary alicyclic amines) is 3. The van der Waals surface area contributed by atoms with Crippen molar-refractivity contribution in [2.24, 2.45) is 18.9 Å². The van der Waals surface area contributed by atoms with Crippen LogP contribution in [0.2, 0.25) is 0 Å². The molecule has 0 spiro atoms. The number of benzene rings is 2. The summed E-state index contributed by atoms with van der Waals surface area (Å²) in [6.45, 7) is 8.25. The molecule has 2 atom stereocenters. The number of rotatable bonds is 10. The summed E-state index contributed by atoms with van der Waals surface area (Å²) in [5.74, 6) is -0.0919. The van der Waals surface area contributed by atoms with Crippen LogP contribution in [0.3, 0.4) is 0 Å². The Hall–Kier alpha value is -4.89. The van der Waals surface area contributed by atoms with Gasteiger partial charge in [-0.05, 0) is 113 Å². The highest BCUT2D eigenvalue weighted by molar-refractivity contribution is 5.91. The first-order valence-electron chi connectivity index (χ1n) is 20.5. The Labute approximate surface area is 332 Å². The number of aliphatic hydroxyl groups excluding tert-OH is 1. The number of aryl methyl sites for hydroxylation is 2. The van der Waals surface area contributed by atoms with Crippen molar-refractivity contribution < 1.29 is 38.2 Å². The first kappa shape index (κ1) is 40.3. The van der Waals surface area contributed by atoms with Crippen LogP contribution in [0.4, 0.5) is 15.3 Å². The molecule has 4 amide bonds. The molecule has 3 fully saturated rings. The van der Waals surface area contributed by atoms with Crippen LogP contribution in [-0.4, -0.2) is 124 Å². The Morgan fingerprint density at radius 2 is 1.56 bits per heavy atom. The standard InChI is InChI=1S/C42H56N6O9/c1-27-24-29(25-35-38(27)44(3)41(53)56-35)26-36(39(51)46-19-10-31(11-20-46)30-8-16-45(17-9-30)18-15-37(50)55-28(2)49)57-42(54)47-21-13-33(14-22-47)48-23-12-32-6-4-5-7-34(32)43-40(48)52/h4-7,24-25,28,30-31,33,36,49H,8-23,26H2,1-3H3,(H,43,52)/t28?,36-/m1/s1. The molecule has 15 heteroatoms. The number of carbonyl (C=O) groups is 4. The zero-order valence-electron chi connectivity index (χ0n) is 33.3. The predicted octanol–water partition coefficient (Wildman–Crippen LogP) is 4.26. The van der Waals surface area contributed by atoms with E-state index in [0.717, 1.165) is 67.6 Å². The summed E-state index contributed by atoms with van der Waals surface area (Å²) < 4.78 is 17.9. The number of nitrogens with one attached hydrogen (secondary N) is 1. The molecule has 2 aromatic carbocycles. The second-order valence-electron chi connectivity index (χ2n) is 16.2. The Balaban J connectivity index is 0.966. The number of piperidine rings is 3. The number of carbonyl (C=O) groups excluding carboxylic acids is 4. The van der Waals surface area contributed by atoms with E-state index in [1.165, 1.54) is 11.5 Å². The molecule has 3 saturated heterocycles. The van der Waals surface area contributed by atoms with Crippen LogP contribution in [0, 0.1) is 18.8 Å². The highest BCUT2D eigenvalue weighted by atomic mass is 16.6. The maximum absolute atomic E-state index is 14.3. The van der Waals surface area contributed by atoms with Crippen LogP contribution in [0.25, 0.3) is 11.1 Å². The summed E-state index contributed by atoms with van der Waals surface area (Å²) in [5, 5.41) is 12.3. The molecule has 57 heavy (non-hydrogen) atoms. The Kier molecular flexibility index (Phi) is 12.5. The van der Waals surface area contributed by atoms with Crippen molar-refractivity contribution in [2.45, 2.75) is 90.1 Å². The minimum atomic E-state index is -1.10. The van der Waals surface area contributed by atoms with Crippen LogP contribution in [0.5, 0.6) is 0 Å². The summed E-state index contributed by atoms with van der Waals surface area (Å²) in [5.41, 5.74) is 4.59. The van der Waals surface area contributed by atoms with Gasteiger partial charge in [-0.2, -0.15) is 0 Å². The number of aliphatic hydroxyl groups is 1. The molecule has 308 valence electrons. The van der Waals surface area contributed by atoms with Crippen molar-refractivity contribution in [3.05, 3.63) is 63.6 Å². The minimum absolute atomic E-state index is 0.0239. The van der Waals surface area contributed by atoms with Crippen LogP contribution in [0.1, 0.15) is 68.6 Å². The number of fused-ring (bicyclic) bond motifs is 2. The largest absolute Gasteiger partial charge is 0.436 e. The fourth-order valence-electron chi connectivity index (χ4n) is 9.33. The molecule has 0 radical (unpaired) electrons. The number of hydrogen-bond acceptors (Lipinski definition) is 10. The first-order chi connectivity index (χ1) is 27.4. The lowest BCUT2D eigenvalue weighted by molar-refractivity contribution is -0.165.